The Kier molecular flexibility index (Phi) is 9.59. The van der Waals surface area contributed by atoms with Crippen LogP contribution in [0.1, 0.15) is 43.5 Å². The predicted octanol–water partition coefficient (Wildman–Crippen LogP) is 3.28. The third-order valence-electron chi connectivity index (χ3n) is 5.90. The van der Waals surface area contributed by atoms with Crippen LogP contribution in [-0.4, -0.2) is 37.0 Å². The molecule has 10 heteroatoms. The number of thioether (sulfide) groups is 1. The first-order chi connectivity index (χ1) is 16.1. The van der Waals surface area contributed by atoms with E-state index in [0.717, 1.165) is 25.7 Å². The molecule has 3 aromatic rings. The summed E-state index contributed by atoms with van der Waals surface area (Å²) >= 11 is 1.39. The van der Waals surface area contributed by atoms with Crippen molar-refractivity contribution in [3.05, 3.63) is 70.4 Å². The Hall–Kier alpha value is -2.78. The van der Waals surface area contributed by atoms with E-state index in [1.54, 1.807) is 18.3 Å². The molecule has 8 nitrogen and oxygen atoms in total. The van der Waals surface area contributed by atoms with Gasteiger partial charge in [0, 0.05) is 18.8 Å². The van der Waals surface area contributed by atoms with Crippen LogP contribution in [-0.2, 0) is 24.3 Å². The molecule has 0 unspecified atom stereocenters. The van der Waals surface area contributed by atoms with Gasteiger partial charge in [0.2, 0.25) is 5.91 Å². The van der Waals surface area contributed by atoms with Crippen molar-refractivity contribution >= 4 is 35.8 Å². The maximum Gasteiger partial charge on any atom is 0.274 e. The van der Waals surface area contributed by atoms with Gasteiger partial charge in [-0.15, -0.1) is 22.6 Å². The second-order valence-corrected chi connectivity index (χ2v) is 9.32. The van der Waals surface area contributed by atoms with Gasteiger partial charge in [-0.3, -0.25) is 9.59 Å². The number of amides is 1. The topological polar surface area (TPSA) is 108 Å². The van der Waals surface area contributed by atoms with Crippen LogP contribution in [0.25, 0.3) is 0 Å². The average molecular weight is 503 g/mol. The number of hydrogen-bond acceptors (Lipinski definition) is 6. The lowest BCUT2D eigenvalue weighted by Crippen LogP contribution is -2.33. The number of carbonyl (C=O) groups is 1. The summed E-state index contributed by atoms with van der Waals surface area (Å²) in [6, 6.07) is 13.9. The quantitative estimate of drug-likeness (QED) is 0.412. The first-order valence-corrected chi connectivity index (χ1v) is 12.4. The number of nitrogen functional groups attached to an aromatic ring is 1. The van der Waals surface area contributed by atoms with Gasteiger partial charge < -0.3 is 20.2 Å². The molecule has 1 aliphatic carbocycles. The van der Waals surface area contributed by atoms with Gasteiger partial charge in [0.15, 0.2) is 11.0 Å². The minimum Gasteiger partial charge on any atom is -0.394 e. The molecule has 2 heterocycles. The zero-order chi connectivity index (χ0) is 23.0. The lowest BCUT2D eigenvalue weighted by atomic mass is 10.1. The van der Waals surface area contributed by atoms with Crippen molar-refractivity contribution in [1.29, 1.82) is 0 Å². The lowest BCUT2D eigenvalue weighted by Gasteiger charge is -2.13. The summed E-state index contributed by atoms with van der Waals surface area (Å²) in [5, 5.41) is 12.5. The third-order valence-corrected chi connectivity index (χ3v) is 6.86. The van der Waals surface area contributed by atoms with Gasteiger partial charge in [0.25, 0.3) is 5.56 Å². The van der Waals surface area contributed by atoms with Gasteiger partial charge in [-0.05, 0) is 43.4 Å². The molecule has 4 rings (SSSR count). The SMILES string of the molecule is Cl.Nc1cccn(Cc2nnc(SCC(=O)NC3CCCC3)n2CCCc2ccccc2)c1=O. The zero-order valence-corrected chi connectivity index (χ0v) is 20.7. The normalized spacial score (nSPS) is 13.5. The Morgan fingerprint density at radius 2 is 1.88 bits per heavy atom. The van der Waals surface area contributed by atoms with Crippen LogP contribution in [0, 0.1) is 0 Å². The first-order valence-electron chi connectivity index (χ1n) is 11.4. The largest absolute Gasteiger partial charge is 0.394 e. The average Bonchev–Trinajstić information content (AvgIpc) is 3.46. The van der Waals surface area contributed by atoms with E-state index in [0.29, 0.717) is 29.3 Å². The molecular formula is C24H31ClN6O2S. The predicted molar refractivity (Wildman–Crippen MR) is 137 cm³/mol. The van der Waals surface area contributed by atoms with E-state index in [2.05, 4.69) is 27.6 Å². The third kappa shape index (κ3) is 6.87. The second kappa shape index (κ2) is 12.6. The van der Waals surface area contributed by atoms with Crippen molar-refractivity contribution < 1.29 is 4.79 Å². The Balaban J connectivity index is 0.00000324. The molecule has 0 atom stereocenters. The van der Waals surface area contributed by atoms with E-state index in [1.807, 2.05) is 22.8 Å². The van der Waals surface area contributed by atoms with Crippen LogP contribution in [0.3, 0.4) is 0 Å². The fraction of sp³-hybridized carbons (Fsp3) is 0.417. The van der Waals surface area contributed by atoms with Crippen LogP contribution >= 0.6 is 24.2 Å². The van der Waals surface area contributed by atoms with Crippen molar-refractivity contribution in [3.8, 4) is 0 Å². The van der Waals surface area contributed by atoms with Gasteiger partial charge in [-0.1, -0.05) is 54.9 Å². The van der Waals surface area contributed by atoms with Crippen molar-refractivity contribution in [3.63, 3.8) is 0 Å². The molecule has 1 aromatic carbocycles. The highest BCUT2D eigenvalue weighted by Gasteiger charge is 2.19. The van der Waals surface area contributed by atoms with Gasteiger partial charge >= 0.3 is 0 Å². The number of benzene rings is 1. The smallest absolute Gasteiger partial charge is 0.274 e. The van der Waals surface area contributed by atoms with Gasteiger partial charge in [-0.2, -0.15) is 0 Å². The summed E-state index contributed by atoms with van der Waals surface area (Å²) < 4.78 is 3.56. The molecule has 1 amide bonds. The summed E-state index contributed by atoms with van der Waals surface area (Å²) in [6.45, 7) is 0.970. The molecule has 0 spiro atoms. The molecule has 182 valence electrons. The van der Waals surface area contributed by atoms with Crippen LogP contribution < -0.4 is 16.6 Å². The van der Waals surface area contributed by atoms with Crippen LogP contribution in [0.15, 0.2) is 58.6 Å². The molecule has 1 saturated carbocycles. The zero-order valence-electron chi connectivity index (χ0n) is 19.1. The summed E-state index contributed by atoms with van der Waals surface area (Å²) in [4.78, 5) is 24.8. The van der Waals surface area contributed by atoms with E-state index in [-0.39, 0.29) is 36.1 Å². The number of carbonyl (C=O) groups excluding carboxylic acids is 1. The molecule has 1 fully saturated rings. The van der Waals surface area contributed by atoms with E-state index < -0.39 is 0 Å². The molecule has 3 N–H and O–H groups in total. The van der Waals surface area contributed by atoms with Crippen molar-refractivity contribution in [2.75, 3.05) is 11.5 Å². The Morgan fingerprint density at radius 3 is 2.65 bits per heavy atom. The highest BCUT2D eigenvalue weighted by atomic mass is 35.5. The van der Waals surface area contributed by atoms with Crippen LogP contribution in [0.2, 0.25) is 0 Å². The monoisotopic (exact) mass is 502 g/mol. The molecule has 2 aromatic heterocycles. The van der Waals surface area contributed by atoms with Gasteiger partial charge in [-0.25, -0.2) is 0 Å². The summed E-state index contributed by atoms with van der Waals surface area (Å²) in [7, 11) is 0. The number of halogens is 1. The Labute approximate surface area is 209 Å². The Morgan fingerprint density at radius 1 is 1.12 bits per heavy atom. The molecule has 1 aliphatic rings. The number of nitrogens with one attached hydrogen (secondary N) is 1. The number of rotatable bonds is 10. The molecule has 0 aliphatic heterocycles. The first kappa shape index (κ1) is 25.8. The van der Waals surface area contributed by atoms with E-state index >= 15 is 0 Å². The number of nitrogens with two attached hydrogens (primary N) is 1. The van der Waals surface area contributed by atoms with E-state index in [1.165, 1.54) is 34.7 Å². The van der Waals surface area contributed by atoms with Crippen molar-refractivity contribution in [2.24, 2.45) is 0 Å². The minimum absolute atomic E-state index is 0. The molecule has 0 radical (unpaired) electrons. The van der Waals surface area contributed by atoms with Crippen molar-refractivity contribution in [2.45, 2.75) is 62.8 Å². The maximum atomic E-state index is 12.4. The molecule has 34 heavy (non-hydrogen) atoms. The number of hydrogen-bond donors (Lipinski definition) is 2. The highest BCUT2D eigenvalue weighted by molar-refractivity contribution is 7.99. The van der Waals surface area contributed by atoms with Crippen LogP contribution in [0.4, 0.5) is 5.69 Å². The number of nitrogens with zero attached hydrogens (tertiary/aromatic N) is 4. The fourth-order valence-electron chi connectivity index (χ4n) is 4.16. The number of aryl methyl sites for hydroxylation is 1. The molecular weight excluding hydrogens is 472 g/mol. The van der Waals surface area contributed by atoms with Crippen molar-refractivity contribution in [1.82, 2.24) is 24.6 Å². The Bertz CT molecular complexity index is 1130. The molecule has 0 bridgehead atoms. The van der Waals surface area contributed by atoms with E-state index in [4.69, 9.17) is 5.73 Å². The minimum atomic E-state index is -0.249. The number of aromatic nitrogens is 4. The summed E-state index contributed by atoms with van der Waals surface area (Å²) in [5.41, 5.74) is 7.00. The number of anilines is 1. The summed E-state index contributed by atoms with van der Waals surface area (Å²) in [5.74, 6) is 1.000. The summed E-state index contributed by atoms with van der Waals surface area (Å²) in [6.07, 6.45) is 7.99. The second-order valence-electron chi connectivity index (χ2n) is 8.37. The lowest BCUT2D eigenvalue weighted by molar-refractivity contribution is -0.119. The molecule has 0 saturated heterocycles. The number of pyridine rings is 1. The van der Waals surface area contributed by atoms with E-state index in [9.17, 15) is 9.59 Å². The van der Waals surface area contributed by atoms with Gasteiger partial charge in [0.05, 0.1) is 18.0 Å². The fourth-order valence-corrected chi connectivity index (χ4v) is 4.95. The van der Waals surface area contributed by atoms with Gasteiger partial charge in [0.1, 0.15) is 0 Å². The standard InChI is InChI=1S/C24H30N6O2S.ClH/c25-20-13-7-14-29(23(20)32)16-21-27-28-24(33-17-22(31)26-19-11-4-5-12-19)30(21)15-6-10-18-8-2-1-3-9-18;/h1-3,7-9,13-14,19H,4-6,10-12,15-17,25H2,(H,26,31);1H. The van der Waals surface area contributed by atoms with Crippen LogP contribution in [0.5, 0.6) is 0 Å². The maximum absolute atomic E-state index is 12.4. The highest BCUT2D eigenvalue weighted by Crippen LogP contribution is 2.21.